The Labute approximate surface area is 196 Å². The molecule has 9 heteroatoms. The highest BCUT2D eigenvalue weighted by Crippen LogP contribution is 2.34. The van der Waals surface area contributed by atoms with Gasteiger partial charge in [0.1, 0.15) is 24.2 Å². The number of halogens is 2. The van der Waals surface area contributed by atoms with Crippen LogP contribution in [0.15, 0.2) is 47.4 Å². The largest absolute Gasteiger partial charge is 0.488 e. The minimum Gasteiger partial charge on any atom is -0.488 e. The molecule has 6 nitrogen and oxygen atoms in total. The molecule has 2 aromatic rings. The van der Waals surface area contributed by atoms with Crippen molar-refractivity contribution in [3.8, 4) is 5.75 Å². The molecule has 0 aliphatic carbocycles. The summed E-state index contributed by atoms with van der Waals surface area (Å²) in [5, 5.41) is -0.517. The normalized spacial score (nSPS) is 16.0. The van der Waals surface area contributed by atoms with E-state index in [0.29, 0.717) is 16.9 Å². The predicted octanol–water partition coefficient (Wildman–Crippen LogP) is 5.00. The number of benzene rings is 2. The number of carbonyl (C=O) groups excluding carboxylic acids is 3. The smallest absolute Gasteiger partial charge is 0.329 e. The molecule has 1 aliphatic rings. The molecule has 2 amide bonds. The highest BCUT2D eigenvalue weighted by molar-refractivity contribution is 14.1. The van der Waals surface area contributed by atoms with Gasteiger partial charge in [-0.25, -0.2) is 9.18 Å². The van der Waals surface area contributed by atoms with Crippen LogP contribution < -0.4 is 4.74 Å². The fourth-order valence-electron chi connectivity index (χ4n) is 2.83. The molecule has 1 atom stereocenters. The Hall–Kier alpha value is -2.40. The summed E-state index contributed by atoms with van der Waals surface area (Å²) < 4.78 is 25.1. The first-order valence-corrected chi connectivity index (χ1v) is 11.3. The van der Waals surface area contributed by atoms with E-state index in [1.165, 1.54) is 13.0 Å². The number of imide groups is 1. The molecule has 162 valence electrons. The maximum absolute atomic E-state index is 13.7. The van der Waals surface area contributed by atoms with E-state index in [1.54, 1.807) is 49.4 Å². The lowest BCUT2D eigenvalue weighted by molar-refractivity contribution is -0.150. The van der Waals surface area contributed by atoms with Gasteiger partial charge >= 0.3 is 5.97 Å². The SMILES string of the molecule is CCOC(=O)[C@@H](C)N1C(=O)S/C(=C/c2ccc(OCc3ccccc3F)c(I)c2)C1=O. The molecule has 0 saturated carbocycles. The van der Waals surface area contributed by atoms with Crippen LogP contribution in [0.2, 0.25) is 0 Å². The first-order chi connectivity index (χ1) is 14.8. The quantitative estimate of drug-likeness (QED) is 0.272. The van der Waals surface area contributed by atoms with Crippen molar-refractivity contribution in [2.45, 2.75) is 26.5 Å². The maximum atomic E-state index is 13.7. The second-order valence-corrected chi connectivity index (χ2v) is 8.71. The van der Waals surface area contributed by atoms with Crippen LogP contribution in [0.5, 0.6) is 5.75 Å². The summed E-state index contributed by atoms with van der Waals surface area (Å²) in [7, 11) is 0. The van der Waals surface area contributed by atoms with Crippen molar-refractivity contribution in [3.05, 3.63) is 67.9 Å². The summed E-state index contributed by atoms with van der Waals surface area (Å²) in [6.45, 7) is 3.37. The standard InChI is InChI=1S/C22H19FINO5S/c1-3-29-21(27)13(2)25-20(26)19(31-22(25)28)11-14-8-9-18(17(24)10-14)30-12-15-6-4-5-7-16(15)23/h4-11,13H,3,12H2,1-2H3/b19-11+/t13-/m1/s1. The molecule has 0 aromatic heterocycles. The zero-order chi connectivity index (χ0) is 22.5. The highest BCUT2D eigenvalue weighted by Gasteiger charge is 2.41. The van der Waals surface area contributed by atoms with Crippen molar-refractivity contribution in [1.29, 1.82) is 0 Å². The number of hydrogen-bond donors (Lipinski definition) is 0. The molecule has 0 spiro atoms. The van der Waals surface area contributed by atoms with Crippen LogP contribution in [-0.4, -0.2) is 34.7 Å². The summed E-state index contributed by atoms with van der Waals surface area (Å²) in [6.07, 6.45) is 1.59. The molecule has 1 aliphatic heterocycles. The van der Waals surface area contributed by atoms with Gasteiger partial charge in [-0.2, -0.15) is 0 Å². The summed E-state index contributed by atoms with van der Waals surface area (Å²) in [6, 6.07) is 10.7. The minimum atomic E-state index is -0.993. The molecule has 31 heavy (non-hydrogen) atoms. The van der Waals surface area contributed by atoms with E-state index in [4.69, 9.17) is 9.47 Å². The number of rotatable bonds is 7. The predicted molar refractivity (Wildman–Crippen MR) is 124 cm³/mol. The number of thioether (sulfide) groups is 1. The molecular formula is C22H19FINO5S. The molecule has 0 radical (unpaired) electrons. The molecule has 0 N–H and O–H groups in total. The van der Waals surface area contributed by atoms with E-state index >= 15 is 0 Å². The summed E-state index contributed by atoms with van der Waals surface area (Å²) >= 11 is 2.86. The van der Waals surface area contributed by atoms with E-state index in [2.05, 4.69) is 22.6 Å². The van der Waals surface area contributed by atoms with Crippen LogP contribution in [0.4, 0.5) is 9.18 Å². The molecular weight excluding hydrogens is 536 g/mol. The number of hydrogen-bond acceptors (Lipinski definition) is 6. The molecule has 2 aromatic carbocycles. The molecule has 1 fully saturated rings. The Bertz CT molecular complexity index is 1060. The fourth-order valence-corrected chi connectivity index (χ4v) is 4.43. The molecule has 0 bridgehead atoms. The van der Waals surface area contributed by atoms with Crippen molar-refractivity contribution >= 4 is 57.5 Å². The zero-order valence-electron chi connectivity index (χ0n) is 16.8. The lowest BCUT2D eigenvalue weighted by atomic mass is 10.2. The number of ether oxygens (including phenoxy) is 2. The number of carbonyl (C=O) groups is 3. The van der Waals surface area contributed by atoms with E-state index in [9.17, 15) is 18.8 Å². The number of esters is 1. The van der Waals surface area contributed by atoms with E-state index in [1.807, 2.05) is 0 Å². The van der Waals surface area contributed by atoms with Gasteiger partial charge in [0.2, 0.25) is 0 Å². The fraction of sp³-hybridized carbons (Fsp3) is 0.227. The summed E-state index contributed by atoms with van der Waals surface area (Å²) in [5.41, 5.74) is 1.14. The third kappa shape index (κ3) is 5.45. The van der Waals surface area contributed by atoms with Gasteiger partial charge in [-0.3, -0.25) is 14.5 Å². The number of amides is 2. The van der Waals surface area contributed by atoms with Crippen molar-refractivity contribution < 1.29 is 28.2 Å². The van der Waals surface area contributed by atoms with Crippen molar-refractivity contribution in [3.63, 3.8) is 0 Å². The van der Waals surface area contributed by atoms with Crippen LogP contribution in [0.3, 0.4) is 0 Å². The van der Waals surface area contributed by atoms with Crippen molar-refractivity contribution in [2.24, 2.45) is 0 Å². The zero-order valence-corrected chi connectivity index (χ0v) is 19.7. The average Bonchev–Trinajstić information content (AvgIpc) is 3.01. The van der Waals surface area contributed by atoms with Gasteiger partial charge < -0.3 is 9.47 Å². The van der Waals surface area contributed by atoms with Gasteiger partial charge in [-0.15, -0.1) is 0 Å². The second-order valence-electron chi connectivity index (χ2n) is 6.55. The molecule has 1 saturated heterocycles. The lowest BCUT2D eigenvalue weighted by Crippen LogP contribution is -2.42. The minimum absolute atomic E-state index is 0.0899. The second kappa shape index (κ2) is 10.3. The average molecular weight is 555 g/mol. The van der Waals surface area contributed by atoms with E-state index in [0.717, 1.165) is 20.2 Å². The first kappa shape index (κ1) is 23.3. The molecule has 0 unspecified atom stereocenters. The van der Waals surface area contributed by atoms with Gasteiger partial charge in [0.05, 0.1) is 15.1 Å². The van der Waals surface area contributed by atoms with E-state index < -0.39 is 23.2 Å². The van der Waals surface area contributed by atoms with Gasteiger partial charge in [0, 0.05) is 5.56 Å². The van der Waals surface area contributed by atoms with E-state index in [-0.39, 0.29) is 23.9 Å². The first-order valence-electron chi connectivity index (χ1n) is 9.41. The third-order valence-electron chi connectivity index (χ3n) is 4.43. The van der Waals surface area contributed by atoms with Crippen LogP contribution in [0.1, 0.15) is 25.0 Å². The summed E-state index contributed by atoms with van der Waals surface area (Å²) in [4.78, 5) is 38.0. The van der Waals surface area contributed by atoms with Crippen LogP contribution in [0.25, 0.3) is 6.08 Å². The van der Waals surface area contributed by atoms with Gasteiger partial charge in [-0.05, 0) is 78.0 Å². The number of nitrogens with zero attached hydrogens (tertiary/aromatic N) is 1. The van der Waals surface area contributed by atoms with Crippen molar-refractivity contribution in [2.75, 3.05) is 6.61 Å². The van der Waals surface area contributed by atoms with Crippen molar-refractivity contribution in [1.82, 2.24) is 4.90 Å². The maximum Gasteiger partial charge on any atom is 0.329 e. The topological polar surface area (TPSA) is 72.9 Å². The highest BCUT2D eigenvalue weighted by atomic mass is 127. The van der Waals surface area contributed by atoms with Crippen LogP contribution >= 0.6 is 34.4 Å². The van der Waals surface area contributed by atoms with Gasteiger partial charge in [-0.1, -0.05) is 24.3 Å². The Morgan fingerprint density at radius 2 is 2.00 bits per heavy atom. The van der Waals surface area contributed by atoms with Crippen LogP contribution in [-0.2, 0) is 20.9 Å². The lowest BCUT2D eigenvalue weighted by Gasteiger charge is -2.19. The van der Waals surface area contributed by atoms with Gasteiger partial charge in [0.25, 0.3) is 11.1 Å². The Balaban J connectivity index is 1.73. The van der Waals surface area contributed by atoms with Gasteiger partial charge in [0.15, 0.2) is 0 Å². The Morgan fingerprint density at radius 3 is 2.68 bits per heavy atom. The molecule has 3 rings (SSSR count). The monoisotopic (exact) mass is 555 g/mol. The third-order valence-corrected chi connectivity index (χ3v) is 6.16. The van der Waals surface area contributed by atoms with Crippen LogP contribution in [0, 0.1) is 9.39 Å². The Kier molecular flexibility index (Phi) is 7.71. The molecule has 1 heterocycles. The summed E-state index contributed by atoms with van der Waals surface area (Å²) in [5.74, 6) is -0.922. The Morgan fingerprint density at radius 1 is 1.26 bits per heavy atom.